The van der Waals surface area contributed by atoms with E-state index in [4.69, 9.17) is 0 Å². The van der Waals surface area contributed by atoms with Gasteiger partial charge in [-0.25, -0.2) is 8.42 Å². The fraction of sp³-hybridized carbons (Fsp3) is 0.632. The second-order valence-corrected chi connectivity index (χ2v) is 9.35. The number of carbonyl (C=O) groups is 1. The highest BCUT2D eigenvalue weighted by molar-refractivity contribution is 7.89. The lowest BCUT2D eigenvalue weighted by Crippen LogP contribution is -2.51. The van der Waals surface area contributed by atoms with Crippen LogP contribution in [0.3, 0.4) is 0 Å². The average Bonchev–Trinajstić information content (AvgIpc) is 2.94. The summed E-state index contributed by atoms with van der Waals surface area (Å²) >= 11 is 0. The van der Waals surface area contributed by atoms with Crippen molar-refractivity contribution in [2.24, 2.45) is 0 Å². The van der Waals surface area contributed by atoms with Crippen molar-refractivity contribution >= 4 is 21.6 Å². The van der Waals surface area contributed by atoms with E-state index in [9.17, 15) is 13.2 Å². The Morgan fingerprint density at radius 3 is 2.41 bits per heavy atom. The fourth-order valence-corrected chi connectivity index (χ4v) is 5.16. The number of anilines is 1. The van der Waals surface area contributed by atoms with Crippen LogP contribution >= 0.6 is 0 Å². The molecule has 2 N–H and O–H groups in total. The van der Waals surface area contributed by atoms with Crippen molar-refractivity contribution in [3.63, 3.8) is 0 Å². The molecule has 0 radical (unpaired) electrons. The normalized spacial score (nSPS) is 22.9. The highest BCUT2D eigenvalue weighted by Gasteiger charge is 2.25. The van der Waals surface area contributed by atoms with Gasteiger partial charge in [-0.3, -0.25) is 9.69 Å². The lowest BCUT2D eigenvalue weighted by Gasteiger charge is -2.33. The van der Waals surface area contributed by atoms with Crippen molar-refractivity contribution in [2.75, 3.05) is 44.6 Å². The van der Waals surface area contributed by atoms with Gasteiger partial charge >= 0.3 is 0 Å². The molecule has 0 aromatic heterocycles. The Balaban J connectivity index is 1.60. The molecule has 2 fully saturated rings. The molecule has 1 aromatic carbocycles. The van der Waals surface area contributed by atoms with Gasteiger partial charge in [0.05, 0.1) is 11.4 Å². The first kappa shape index (κ1) is 20.3. The summed E-state index contributed by atoms with van der Waals surface area (Å²) in [6, 6.07) is 6.84. The first-order valence-corrected chi connectivity index (χ1v) is 11.3. The minimum atomic E-state index is -3.46. The molecular weight excluding hydrogens is 364 g/mol. The van der Waals surface area contributed by atoms with Crippen molar-refractivity contribution in [3.8, 4) is 0 Å². The van der Waals surface area contributed by atoms with Gasteiger partial charge in [-0.15, -0.1) is 0 Å². The van der Waals surface area contributed by atoms with Gasteiger partial charge in [0.1, 0.15) is 0 Å². The van der Waals surface area contributed by atoms with Crippen LogP contribution in [0.5, 0.6) is 0 Å². The van der Waals surface area contributed by atoms with Gasteiger partial charge in [-0.1, -0.05) is 12.8 Å². The topological polar surface area (TPSA) is 81.8 Å². The summed E-state index contributed by atoms with van der Waals surface area (Å²) in [5.74, 6) is -0.0770. The molecule has 150 valence electrons. The highest BCUT2D eigenvalue weighted by Crippen LogP contribution is 2.21. The Bertz CT molecular complexity index is 728. The van der Waals surface area contributed by atoms with Crippen molar-refractivity contribution in [3.05, 3.63) is 24.3 Å². The molecule has 0 spiro atoms. The van der Waals surface area contributed by atoms with Crippen LogP contribution in [0.15, 0.2) is 29.2 Å². The predicted octanol–water partition coefficient (Wildman–Crippen LogP) is 1.48. The highest BCUT2D eigenvalue weighted by atomic mass is 32.2. The molecule has 0 bridgehead atoms. The molecule has 1 aromatic rings. The molecule has 2 saturated heterocycles. The molecule has 0 aliphatic carbocycles. The minimum absolute atomic E-state index is 0.0770. The Labute approximate surface area is 162 Å². The largest absolute Gasteiger partial charge is 0.325 e. The Morgan fingerprint density at radius 1 is 1.11 bits per heavy atom. The van der Waals surface area contributed by atoms with E-state index in [2.05, 4.69) is 22.5 Å². The summed E-state index contributed by atoms with van der Waals surface area (Å²) in [6.07, 6.45) is 4.00. The SMILES string of the molecule is C[C@H]1CNCCN1CC(=O)Nc1ccc(S(=O)(=O)N2CCCCCC2)cc1. The van der Waals surface area contributed by atoms with Crippen LogP contribution in [-0.2, 0) is 14.8 Å². The van der Waals surface area contributed by atoms with E-state index in [1.54, 1.807) is 28.6 Å². The number of carbonyl (C=O) groups excluding carboxylic acids is 1. The van der Waals surface area contributed by atoms with Gasteiger partial charge < -0.3 is 10.6 Å². The fourth-order valence-electron chi connectivity index (χ4n) is 3.64. The van der Waals surface area contributed by atoms with Gasteiger partial charge in [0, 0.05) is 44.5 Å². The number of benzene rings is 1. The first-order chi connectivity index (χ1) is 13.0. The zero-order chi connectivity index (χ0) is 19.3. The third-order valence-electron chi connectivity index (χ3n) is 5.33. The van der Waals surface area contributed by atoms with Crippen molar-refractivity contribution in [2.45, 2.75) is 43.5 Å². The summed E-state index contributed by atoms with van der Waals surface area (Å²) in [5, 5.41) is 6.17. The van der Waals surface area contributed by atoms with Crippen LogP contribution in [0.25, 0.3) is 0 Å². The van der Waals surface area contributed by atoms with Crippen LogP contribution in [0.2, 0.25) is 0 Å². The molecule has 27 heavy (non-hydrogen) atoms. The first-order valence-electron chi connectivity index (χ1n) is 9.81. The van der Waals surface area contributed by atoms with E-state index >= 15 is 0 Å². The number of piperazine rings is 1. The molecule has 1 amide bonds. The van der Waals surface area contributed by atoms with Crippen LogP contribution in [0, 0.1) is 0 Å². The maximum atomic E-state index is 12.8. The molecule has 1 atom stereocenters. The molecule has 2 aliphatic heterocycles. The second-order valence-electron chi connectivity index (χ2n) is 7.41. The zero-order valence-electron chi connectivity index (χ0n) is 16.0. The third kappa shape index (κ3) is 5.28. The number of hydrogen-bond acceptors (Lipinski definition) is 5. The smallest absolute Gasteiger partial charge is 0.243 e. The van der Waals surface area contributed by atoms with Gasteiger partial charge in [0.25, 0.3) is 0 Å². The molecule has 0 unspecified atom stereocenters. The summed E-state index contributed by atoms with van der Waals surface area (Å²) in [7, 11) is -3.46. The monoisotopic (exact) mass is 394 g/mol. The average molecular weight is 395 g/mol. The number of sulfonamides is 1. The molecule has 2 aliphatic rings. The number of amides is 1. The van der Waals surface area contributed by atoms with E-state index in [-0.39, 0.29) is 10.8 Å². The van der Waals surface area contributed by atoms with Crippen molar-refractivity contribution < 1.29 is 13.2 Å². The van der Waals surface area contributed by atoms with Crippen molar-refractivity contribution in [1.82, 2.24) is 14.5 Å². The summed E-state index contributed by atoms with van der Waals surface area (Å²) in [6.45, 7) is 6.24. The van der Waals surface area contributed by atoms with E-state index < -0.39 is 10.0 Å². The molecule has 7 nitrogen and oxygen atoms in total. The van der Waals surface area contributed by atoms with Crippen LogP contribution < -0.4 is 10.6 Å². The Kier molecular flexibility index (Phi) is 6.86. The molecule has 8 heteroatoms. The van der Waals surface area contributed by atoms with Gasteiger partial charge in [0.2, 0.25) is 15.9 Å². The standard InChI is InChI=1S/C19H30N4O3S/c1-16-14-20-10-13-22(16)15-19(24)21-17-6-8-18(9-7-17)27(25,26)23-11-4-2-3-5-12-23/h6-9,16,20H,2-5,10-15H2,1H3,(H,21,24)/t16-/m0/s1. The maximum absolute atomic E-state index is 12.8. The number of nitrogens with zero attached hydrogens (tertiary/aromatic N) is 2. The predicted molar refractivity (Wildman–Crippen MR) is 106 cm³/mol. The lowest BCUT2D eigenvalue weighted by atomic mass is 10.2. The Morgan fingerprint density at radius 2 is 1.78 bits per heavy atom. The summed E-state index contributed by atoms with van der Waals surface area (Å²) in [4.78, 5) is 14.7. The van der Waals surface area contributed by atoms with Crippen LogP contribution in [0.1, 0.15) is 32.6 Å². The zero-order valence-corrected chi connectivity index (χ0v) is 16.8. The molecular formula is C19H30N4O3S. The number of rotatable bonds is 5. The molecule has 0 saturated carbocycles. The Hall–Kier alpha value is -1.48. The van der Waals surface area contributed by atoms with E-state index in [0.717, 1.165) is 45.3 Å². The lowest BCUT2D eigenvalue weighted by molar-refractivity contribution is -0.118. The van der Waals surface area contributed by atoms with Crippen LogP contribution in [-0.4, -0.2) is 68.8 Å². The second kappa shape index (κ2) is 9.14. The number of nitrogens with one attached hydrogen (secondary N) is 2. The van der Waals surface area contributed by atoms with Gasteiger partial charge in [-0.05, 0) is 44.0 Å². The van der Waals surface area contributed by atoms with Crippen molar-refractivity contribution in [1.29, 1.82) is 0 Å². The van der Waals surface area contributed by atoms with Gasteiger partial charge in [-0.2, -0.15) is 4.31 Å². The molecule has 2 heterocycles. The molecule has 3 rings (SSSR count). The van der Waals surface area contributed by atoms with Gasteiger partial charge in [0.15, 0.2) is 0 Å². The summed E-state index contributed by atoms with van der Waals surface area (Å²) in [5.41, 5.74) is 0.623. The van der Waals surface area contributed by atoms with E-state index in [0.29, 0.717) is 31.4 Å². The maximum Gasteiger partial charge on any atom is 0.243 e. The van der Waals surface area contributed by atoms with E-state index in [1.165, 1.54) is 0 Å². The van der Waals surface area contributed by atoms with Crippen LogP contribution in [0.4, 0.5) is 5.69 Å². The third-order valence-corrected chi connectivity index (χ3v) is 7.24. The summed E-state index contributed by atoms with van der Waals surface area (Å²) < 4.78 is 27.2. The minimum Gasteiger partial charge on any atom is -0.325 e. The quantitative estimate of drug-likeness (QED) is 0.791. The number of hydrogen-bond donors (Lipinski definition) is 2. The van der Waals surface area contributed by atoms with E-state index in [1.807, 2.05) is 0 Å².